The van der Waals surface area contributed by atoms with Crippen molar-refractivity contribution in [3.05, 3.63) is 64.6 Å². The number of oxazole rings is 1. The maximum absolute atomic E-state index is 11.2. The van der Waals surface area contributed by atoms with E-state index in [1.165, 1.54) is 0 Å². The summed E-state index contributed by atoms with van der Waals surface area (Å²) >= 11 is 6.57. The summed E-state index contributed by atoms with van der Waals surface area (Å²) in [6.45, 7) is 3.65. The van der Waals surface area contributed by atoms with E-state index in [9.17, 15) is 4.79 Å². The van der Waals surface area contributed by atoms with Gasteiger partial charge in [-0.05, 0) is 36.8 Å². The molecule has 0 aliphatic rings. The molecule has 0 aliphatic heterocycles. The number of fused-ring (bicyclic) bond motifs is 1. The summed E-state index contributed by atoms with van der Waals surface area (Å²) in [6.07, 6.45) is 0. The number of hydrogen-bond donors (Lipinski definition) is 1. The van der Waals surface area contributed by atoms with Crippen molar-refractivity contribution < 1.29 is 4.42 Å². The van der Waals surface area contributed by atoms with Crippen molar-refractivity contribution in [1.82, 2.24) is 4.98 Å². The number of hydrogen-bond acceptors (Lipinski definition) is 3. The van der Waals surface area contributed by atoms with Crippen molar-refractivity contribution in [2.24, 2.45) is 0 Å². The summed E-state index contributed by atoms with van der Waals surface area (Å²) in [7, 11) is 0. The third-order valence-corrected chi connectivity index (χ3v) is 4.08. The van der Waals surface area contributed by atoms with Crippen LogP contribution in [0.15, 0.2) is 57.7 Å². The molecule has 114 valence electrons. The summed E-state index contributed by atoms with van der Waals surface area (Å²) in [5.41, 5.74) is 3.31. The van der Waals surface area contributed by atoms with Crippen molar-refractivity contribution in [2.75, 3.05) is 18.0 Å². The minimum absolute atomic E-state index is 0.190. The van der Waals surface area contributed by atoms with Crippen molar-refractivity contribution >= 4 is 28.4 Å². The fraction of sp³-hybridized carbons (Fsp3) is 0.235. The van der Waals surface area contributed by atoms with Crippen molar-refractivity contribution in [1.29, 1.82) is 0 Å². The summed E-state index contributed by atoms with van der Waals surface area (Å²) in [5.74, 6) is -0.447. The highest BCUT2D eigenvalue weighted by Gasteiger charge is 2.14. The van der Waals surface area contributed by atoms with Crippen LogP contribution < -0.4 is 10.7 Å². The van der Waals surface area contributed by atoms with Gasteiger partial charge in [0.1, 0.15) is 0 Å². The average Bonchev–Trinajstić information content (AvgIpc) is 2.92. The highest BCUT2D eigenvalue weighted by Crippen LogP contribution is 2.26. The first-order valence-electron chi connectivity index (χ1n) is 7.24. The Kier molecular flexibility index (Phi) is 4.20. The fourth-order valence-electron chi connectivity index (χ4n) is 2.51. The first kappa shape index (κ1) is 14.7. The van der Waals surface area contributed by atoms with Crippen LogP contribution in [-0.4, -0.2) is 18.1 Å². The Balaban J connectivity index is 1.82. The number of nitrogens with one attached hydrogen (secondary N) is 1. The van der Waals surface area contributed by atoms with Gasteiger partial charge in [-0.2, -0.15) is 0 Å². The van der Waals surface area contributed by atoms with Gasteiger partial charge in [-0.1, -0.05) is 24.3 Å². The Morgan fingerprint density at radius 2 is 2.00 bits per heavy atom. The Morgan fingerprint density at radius 1 is 1.23 bits per heavy atom. The molecular weight excluding hydrogens is 300 g/mol. The first-order valence-corrected chi connectivity index (χ1v) is 7.68. The van der Waals surface area contributed by atoms with Gasteiger partial charge in [0.25, 0.3) is 0 Å². The number of rotatable bonds is 5. The largest absolute Gasteiger partial charge is 0.417 e. The Bertz CT molecular complexity index is 810. The Labute approximate surface area is 133 Å². The number of benzene rings is 2. The molecule has 0 amide bonds. The molecular formula is C17H17ClN2O2. The molecule has 1 aromatic heterocycles. The Hall–Kier alpha value is -2.20. The number of alkyl halides is 1. The minimum atomic E-state index is -0.447. The fourth-order valence-corrected chi connectivity index (χ4v) is 2.81. The molecule has 0 saturated carbocycles. The molecule has 5 heteroatoms. The number of anilines is 1. The second-order valence-corrected chi connectivity index (χ2v) is 5.64. The second kappa shape index (κ2) is 6.28. The monoisotopic (exact) mass is 316 g/mol. The van der Waals surface area contributed by atoms with Crippen LogP contribution in [0, 0.1) is 0 Å². The van der Waals surface area contributed by atoms with Crippen LogP contribution >= 0.6 is 11.6 Å². The van der Waals surface area contributed by atoms with E-state index in [1.807, 2.05) is 36.4 Å². The summed E-state index contributed by atoms with van der Waals surface area (Å²) < 4.78 is 5.09. The number of aromatic amines is 1. The molecule has 0 fully saturated rings. The molecule has 2 aromatic carbocycles. The van der Waals surface area contributed by atoms with Gasteiger partial charge in [0, 0.05) is 18.8 Å². The average molecular weight is 317 g/mol. The first-order chi connectivity index (χ1) is 10.7. The third kappa shape index (κ3) is 3.02. The van der Waals surface area contributed by atoms with Crippen LogP contribution in [0.4, 0.5) is 5.69 Å². The Morgan fingerprint density at radius 3 is 2.73 bits per heavy atom. The highest BCUT2D eigenvalue weighted by atomic mass is 35.5. The molecule has 1 heterocycles. The van der Waals surface area contributed by atoms with Crippen LogP contribution in [0.5, 0.6) is 0 Å². The summed E-state index contributed by atoms with van der Waals surface area (Å²) in [4.78, 5) is 16.1. The molecule has 4 nitrogen and oxygen atoms in total. The maximum Gasteiger partial charge on any atom is 0.417 e. The number of aromatic nitrogens is 1. The van der Waals surface area contributed by atoms with Crippen molar-refractivity contribution in [2.45, 2.75) is 12.3 Å². The van der Waals surface area contributed by atoms with Crippen LogP contribution in [-0.2, 0) is 0 Å². The predicted molar refractivity (Wildman–Crippen MR) is 89.8 cm³/mol. The summed E-state index contributed by atoms with van der Waals surface area (Å²) in [6, 6.07) is 15.7. The second-order valence-electron chi connectivity index (χ2n) is 5.11. The van der Waals surface area contributed by atoms with Crippen LogP contribution in [0.1, 0.15) is 17.9 Å². The number of para-hydroxylation sites is 1. The van der Waals surface area contributed by atoms with Gasteiger partial charge in [0.15, 0.2) is 5.58 Å². The third-order valence-electron chi connectivity index (χ3n) is 3.69. The van der Waals surface area contributed by atoms with Crippen molar-refractivity contribution in [3.8, 4) is 0 Å². The smallest absolute Gasteiger partial charge is 0.408 e. The lowest BCUT2D eigenvalue weighted by Crippen LogP contribution is -2.26. The van der Waals surface area contributed by atoms with E-state index in [2.05, 4.69) is 28.9 Å². The van der Waals surface area contributed by atoms with E-state index in [4.69, 9.17) is 16.0 Å². The minimum Gasteiger partial charge on any atom is -0.408 e. The zero-order valence-corrected chi connectivity index (χ0v) is 13.0. The molecule has 0 radical (unpaired) electrons. The lowest BCUT2D eigenvalue weighted by atomic mass is 10.1. The van der Waals surface area contributed by atoms with E-state index >= 15 is 0 Å². The normalized spacial score (nSPS) is 12.5. The molecule has 0 bridgehead atoms. The molecule has 22 heavy (non-hydrogen) atoms. The zero-order chi connectivity index (χ0) is 15.5. The molecule has 3 rings (SSSR count). The predicted octanol–water partition coefficient (Wildman–Crippen LogP) is 3.93. The highest BCUT2D eigenvalue weighted by molar-refractivity contribution is 6.21. The number of halogens is 1. The van der Waals surface area contributed by atoms with Gasteiger partial charge in [-0.15, -0.1) is 11.6 Å². The van der Waals surface area contributed by atoms with Gasteiger partial charge in [-0.3, -0.25) is 4.98 Å². The quantitative estimate of drug-likeness (QED) is 0.726. The number of nitrogens with zero attached hydrogens (tertiary/aromatic N) is 1. The van der Waals surface area contributed by atoms with E-state index in [0.29, 0.717) is 17.6 Å². The standard InChI is InChI=1S/C17H17ClN2O2/c1-2-20(13-6-4-3-5-7-13)11-14(18)12-8-9-15-16(10-12)22-17(21)19-15/h3-10,14H,2,11H2,1H3,(H,19,21). The topological polar surface area (TPSA) is 49.2 Å². The molecule has 1 unspecified atom stereocenters. The molecule has 0 saturated heterocycles. The molecule has 3 aromatic rings. The van der Waals surface area contributed by atoms with E-state index in [-0.39, 0.29) is 5.38 Å². The molecule has 1 atom stereocenters. The lowest BCUT2D eigenvalue weighted by Gasteiger charge is -2.25. The number of H-pyrrole nitrogens is 1. The van der Waals surface area contributed by atoms with Crippen LogP contribution in [0.2, 0.25) is 0 Å². The van der Waals surface area contributed by atoms with Gasteiger partial charge < -0.3 is 9.32 Å². The van der Waals surface area contributed by atoms with E-state index < -0.39 is 5.76 Å². The lowest BCUT2D eigenvalue weighted by molar-refractivity contribution is 0.555. The maximum atomic E-state index is 11.2. The van der Waals surface area contributed by atoms with Crippen LogP contribution in [0.3, 0.4) is 0 Å². The SMILES string of the molecule is CCN(CC(Cl)c1ccc2[nH]c(=O)oc2c1)c1ccccc1. The molecule has 0 spiro atoms. The van der Waals surface area contributed by atoms with Gasteiger partial charge in [-0.25, -0.2) is 4.79 Å². The number of likely N-dealkylation sites (N-methyl/N-ethyl adjacent to an activating group) is 1. The summed E-state index contributed by atoms with van der Waals surface area (Å²) in [5, 5.41) is -0.190. The van der Waals surface area contributed by atoms with Crippen LogP contribution in [0.25, 0.3) is 11.1 Å². The van der Waals surface area contributed by atoms with Gasteiger partial charge in [0.2, 0.25) is 0 Å². The molecule has 0 aliphatic carbocycles. The van der Waals surface area contributed by atoms with Gasteiger partial charge >= 0.3 is 5.76 Å². The van der Waals surface area contributed by atoms with E-state index in [1.54, 1.807) is 0 Å². The zero-order valence-electron chi connectivity index (χ0n) is 12.3. The van der Waals surface area contributed by atoms with E-state index in [0.717, 1.165) is 17.8 Å². The molecule has 1 N–H and O–H groups in total. The van der Waals surface area contributed by atoms with Crippen molar-refractivity contribution in [3.63, 3.8) is 0 Å². The van der Waals surface area contributed by atoms with Gasteiger partial charge in [0.05, 0.1) is 10.9 Å².